The van der Waals surface area contributed by atoms with Gasteiger partial charge in [-0.2, -0.15) is 0 Å². The monoisotopic (exact) mass is 327 g/mol. The van der Waals surface area contributed by atoms with Crippen molar-refractivity contribution in [2.45, 2.75) is 32.7 Å². The second kappa shape index (κ2) is 8.97. The predicted molar refractivity (Wildman–Crippen MR) is 90.5 cm³/mol. The minimum Gasteiger partial charge on any atom is -0.381 e. The van der Waals surface area contributed by atoms with Crippen LogP contribution in [-0.4, -0.2) is 86.9 Å². The Kier molecular flexibility index (Phi) is 7.27. The molecule has 0 aromatic rings. The number of hydrogen-bond acceptors (Lipinski definition) is 5. The molecule has 0 aliphatic carbocycles. The van der Waals surface area contributed by atoms with Gasteiger partial charge < -0.3 is 14.8 Å². The molecular formula is C17H33N3O3. The van der Waals surface area contributed by atoms with Gasteiger partial charge in [0, 0.05) is 38.3 Å². The third kappa shape index (κ3) is 6.03. The van der Waals surface area contributed by atoms with Crippen LogP contribution in [0.25, 0.3) is 0 Å². The fourth-order valence-corrected chi connectivity index (χ4v) is 3.25. The van der Waals surface area contributed by atoms with E-state index in [4.69, 9.17) is 9.47 Å². The van der Waals surface area contributed by atoms with Gasteiger partial charge in [0.2, 0.25) is 5.91 Å². The van der Waals surface area contributed by atoms with E-state index in [1.54, 1.807) is 0 Å². The Labute approximate surface area is 140 Å². The van der Waals surface area contributed by atoms with Gasteiger partial charge in [0.05, 0.1) is 26.4 Å². The van der Waals surface area contributed by atoms with E-state index in [0.717, 1.165) is 59.0 Å². The van der Waals surface area contributed by atoms with Crippen molar-refractivity contribution >= 4 is 5.91 Å². The maximum atomic E-state index is 12.3. The number of carbonyl (C=O) groups is 1. The summed E-state index contributed by atoms with van der Waals surface area (Å²) in [4.78, 5) is 16.9. The molecule has 1 atom stereocenters. The molecule has 23 heavy (non-hydrogen) atoms. The molecule has 0 spiro atoms. The van der Waals surface area contributed by atoms with Gasteiger partial charge in [-0.3, -0.25) is 14.6 Å². The lowest BCUT2D eigenvalue weighted by Gasteiger charge is -2.41. The van der Waals surface area contributed by atoms with Crippen LogP contribution in [0.1, 0.15) is 27.2 Å². The molecule has 6 heteroatoms. The van der Waals surface area contributed by atoms with Gasteiger partial charge in [-0.05, 0) is 32.7 Å². The number of nitrogens with one attached hydrogen (secondary N) is 1. The standard InChI is InChI=1S/C17H33N3O3/c1-4-19(11-15-5-8-23-13-15)12-16(21)18-14-17(2,3)20-6-9-22-10-7-20/h15H,4-14H2,1-3H3,(H,18,21). The molecule has 2 saturated heterocycles. The molecule has 2 fully saturated rings. The van der Waals surface area contributed by atoms with Gasteiger partial charge in [-0.1, -0.05) is 6.92 Å². The highest BCUT2D eigenvalue weighted by Gasteiger charge is 2.29. The zero-order chi connectivity index (χ0) is 16.7. The molecule has 0 bridgehead atoms. The van der Waals surface area contributed by atoms with Crippen LogP contribution in [0.4, 0.5) is 0 Å². The van der Waals surface area contributed by atoms with Crippen molar-refractivity contribution in [1.29, 1.82) is 0 Å². The average molecular weight is 327 g/mol. The normalized spacial score (nSPS) is 23.4. The fourth-order valence-electron chi connectivity index (χ4n) is 3.25. The van der Waals surface area contributed by atoms with Crippen LogP contribution in [0.5, 0.6) is 0 Å². The second-order valence-corrected chi connectivity index (χ2v) is 7.25. The Balaban J connectivity index is 1.71. The van der Waals surface area contributed by atoms with E-state index in [0.29, 0.717) is 19.0 Å². The Bertz CT molecular complexity index is 364. The van der Waals surface area contributed by atoms with Crippen molar-refractivity contribution in [3.8, 4) is 0 Å². The van der Waals surface area contributed by atoms with Crippen molar-refractivity contribution < 1.29 is 14.3 Å². The summed E-state index contributed by atoms with van der Waals surface area (Å²) in [6.45, 7) is 14.6. The molecule has 2 rings (SSSR count). The third-order valence-corrected chi connectivity index (χ3v) is 4.94. The molecule has 0 saturated carbocycles. The number of rotatable bonds is 8. The Morgan fingerprint density at radius 1 is 1.26 bits per heavy atom. The van der Waals surface area contributed by atoms with Gasteiger partial charge >= 0.3 is 0 Å². The van der Waals surface area contributed by atoms with Gasteiger partial charge in [0.1, 0.15) is 0 Å². The van der Waals surface area contributed by atoms with E-state index in [1.165, 1.54) is 0 Å². The highest BCUT2D eigenvalue weighted by molar-refractivity contribution is 5.78. The molecule has 2 aliphatic rings. The fraction of sp³-hybridized carbons (Fsp3) is 0.941. The first-order valence-corrected chi connectivity index (χ1v) is 8.91. The van der Waals surface area contributed by atoms with Gasteiger partial charge in [-0.25, -0.2) is 0 Å². The number of amides is 1. The second-order valence-electron chi connectivity index (χ2n) is 7.25. The van der Waals surface area contributed by atoms with Gasteiger partial charge in [-0.15, -0.1) is 0 Å². The van der Waals surface area contributed by atoms with Crippen LogP contribution in [-0.2, 0) is 14.3 Å². The Hall–Kier alpha value is -0.690. The number of nitrogens with zero attached hydrogens (tertiary/aromatic N) is 2. The topological polar surface area (TPSA) is 54.0 Å². The first-order valence-electron chi connectivity index (χ1n) is 8.91. The molecule has 0 radical (unpaired) electrons. The van der Waals surface area contributed by atoms with Crippen molar-refractivity contribution in [2.75, 3.05) is 65.7 Å². The number of hydrogen-bond donors (Lipinski definition) is 1. The zero-order valence-corrected chi connectivity index (χ0v) is 15.0. The van der Waals surface area contributed by atoms with Gasteiger partial charge in [0.25, 0.3) is 0 Å². The highest BCUT2D eigenvalue weighted by atomic mass is 16.5. The van der Waals surface area contributed by atoms with E-state index in [-0.39, 0.29) is 11.4 Å². The predicted octanol–water partition coefficient (Wildman–Crippen LogP) is 0.572. The summed E-state index contributed by atoms with van der Waals surface area (Å²) in [6, 6.07) is 0. The lowest BCUT2D eigenvalue weighted by Crippen LogP contribution is -2.56. The van der Waals surface area contributed by atoms with Crippen LogP contribution in [0, 0.1) is 5.92 Å². The SMILES string of the molecule is CCN(CC(=O)NCC(C)(C)N1CCOCC1)CC1CCOC1. The third-order valence-electron chi connectivity index (χ3n) is 4.94. The molecule has 1 amide bonds. The van der Waals surface area contributed by atoms with Crippen LogP contribution < -0.4 is 5.32 Å². The summed E-state index contributed by atoms with van der Waals surface area (Å²) in [5, 5.41) is 3.12. The molecule has 2 aliphatic heterocycles. The Morgan fingerprint density at radius 3 is 2.61 bits per heavy atom. The minimum atomic E-state index is -0.0320. The van der Waals surface area contributed by atoms with Gasteiger partial charge in [0.15, 0.2) is 0 Å². The average Bonchev–Trinajstić information content (AvgIpc) is 3.06. The lowest BCUT2D eigenvalue weighted by molar-refractivity contribution is -0.123. The first-order chi connectivity index (χ1) is 11.0. The molecule has 1 unspecified atom stereocenters. The summed E-state index contributed by atoms with van der Waals surface area (Å²) in [6.07, 6.45) is 1.11. The van der Waals surface area contributed by atoms with E-state index in [2.05, 4.69) is 35.9 Å². The largest absolute Gasteiger partial charge is 0.381 e. The Morgan fingerprint density at radius 2 is 2.00 bits per heavy atom. The minimum absolute atomic E-state index is 0.0320. The maximum absolute atomic E-state index is 12.3. The zero-order valence-electron chi connectivity index (χ0n) is 15.0. The molecule has 1 N–H and O–H groups in total. The van der Waals surface area contributed by atoms with Crippen LogP contribution in [0.15, 0.2) is 0 Å². The van der Waals surface area contributed by atoms with E-state index >= 15 is 0 Å². The van der Waals surface area contributed by atoms with Crippen LogP contribution in [0.3, 0.4) is 0 Å². The van der Waals surface area contributed by atoms with Crippen molar-refractivity contribution in [3.05, 3.63) is 0 Å². The number of likely N-dealkylation sites (N-methyl/N-ethyl adjacent to an activating group) is 1. The first kappa shape index (κ1) is 18.6. The van der Waals surface area contributed by atoms with Crippen LogP contribution >= 0.6 is 0 Å². The van der Waals surface area contributed by atoms with E-state index in [9.17, 15) is 4.79 Å². The molecular weight excluding hydrogens is 294 g/mol. The quantitative estimate of drug-likeness (QED) is 0.706. The molecule has 2 heterocycles. The van der Waals surface area contributed by atoms with E-state index < -0.39 is 0 Å². The summed E-state index contributed by atoms with van der Waals surface area (Å²) in [5.74, 6) is 0.694. The van der Waals surface area contributed by atoms with E-state index in [1.807, 2.05) is 0 Å². The molecule has 134 valence electrons. The number of morpholine rings is 1. The summed E-state index contributed by atoms with van der Waals surface area (Å²) in [7, 11) is 0. The number of carbonyl (C=O) groups excluding carboxylic acids is 1. The lowest BCUT2D eigenvalue weighted by atomic mass is 10.0. The molecule has 0 aromatic heterocycles. The summed E-state index contributed by atoms with van der Waals surface area (Å²) < 4.78 is 10.8. The maximum Gasteiger partial charge on any atom is 0.234 e. The van der Waals surface area contributed by atoms with Crippen molar-refractivity contribution in [2.24, 2.45) is 5.92 Å². The molecule has 6 nitrogen and oxygen atoms in total. The van der Waals surface area contributed by atoms with Crippen molar-refractivity contribution in [1.82, 2.24) is 15.1 Å². The highest BCUT2D eigenvalue weighted by Crippen LogP contribution is 2.15. The smallest absolute Gasteiger partial charge is 0.234 e. The summed E-state index contributed by atoms with van der Waals surface area (Å²) in [5.41, 5.74) is -0.0320. The summed E-state index contributed by atoms with van der Waals surface area (Å²) >= 11 is 0. The van der Waals surface area contributed by atoms with Crippen LogP contribution in [0.2, 0.25) is 0 Å². The number of ether oxygens (including phenoxy) is 2. The molecule has 0 aromatic carbocycles. The van der Waals surface area contributed by atoms with Crippen molar-refractivity contribution in [3.63, 3.8) is 0 Å².